The second kappa shape index (κ2) is 6.74. The second-order valence-electron chi connectivity index (χ2n) is 4.81. The van der Waals surface area contributed by atoms with Gasteiger partial charge in [0.1, 0.15) is 0 Å². The van der Waals surface area contributed by atoms with Gasteiger partial charge in [0.25, 0.3) is 0 Å². The highest BCUT2D eigenvalue weighted by Crippen LogP contribution is 2.18. The van der Waals surface area contributed by atoms with Gasteiger partial charge in [0.2, 0.25) is 10.0 Å². The predicted octanol–water partition coefficient (Wildman–Crippen LogP) is 3.16. The first-order chi connectivity index (χ1) is 10.0. The van der Waals surface area contributed by atoms with Crippen molar-refractivity contribution in [2.45, 2.75) is 24.8 Å². The highest BCUT2D eigenvalue weighted by atomic mass is 32.2. The van der Waals surface area contributed by atoms with Gasteiger partial charge in [0.05, 0.1) is 4.90 Å². The number of anilines is 1. The summed E-state index contributed by atoms with van der Waals surface area (Å²) in [6.45, 7) is 4.63. The number of hydrogen-bond donors (Lipinski definition) is 2. The largest absolute Gasteiger partial charge is 0.385 e. The molecular formula is C16H20N2O2S. The van der Waals surface area contributed by atoms with E-state index in [2.05, 4.69) is 10.0 Å². The monoisotopic (exact) mass is 304 g/mol. The summed E-state index contributed by atoms with van der Waals surface area (Å²) in [6.07, 6.45) is 0. The molecule has 21 heavy (non-hydrogen) atoms. The molecule has 0 aliphatic rings. The van der Waals surface area contributed by atoms with Crippen LogP contribution in [0.1, 0.15) is 25.5 Å². The Morgan fingerprint density at radius 2 is 1.62 bits per heavy atom. The Morgan fingerprint density at radius 1 is 1.00 bits per heavy atom. The molecule has 112 valence electrons. The van der Waals surface area contributed by atoms with E-state index in [1.165, 1.54) is 0 Å². The summed E-state index contributed by atoms with van der Waals surface area (Å²) in [4.78, 5) is 0.270. The fourth-order valence-electron chi connectivity index (χ4n) is 2.07. The zero-order chi connectivity index (χ0) is 15.3. The molecule has 0 spiro atoms. The molecule has 2 aromatic carbocycles. The molecule has 2 rings (SSSR count). The fraction of sp³-hybridized carbons (Fsp3) is 0.250. The summed E-state index contributed by atoms with van der Waals surface area (Å²) in [5.41, 5.74) is 1.85. The van der Waals surface area contributed by atoms with Crippen LogP contribution in [0.15, 0.2) is 59.5 Å². The Morgan fingerprint density at radius 3 is 2.19 bits per heavy atom. The topological polar surface area (TPSA) is 58.2 Å². The van der Waals surface area contributed by atoms with Crippen molar-refractivity contribution >= 4 is 15.7 Å². The van der Waals surface area contributed by atoms with Crippen molar-refractivity contribution in [3.8, 4) is 0 Å². The Kier molecular flexibility index (Phi) is 4.98. The van der Waals surface area contributed by atoms with Crippen LogP contribution in [0.3, 0.4) is 0 Å². The third kappa shape index (κ3) is 4.06. The molecule has 0 amide bonds. The molecule has 0 fully saturated rings. The number of benzene rings is 2. The standard InChI is InChI=1S/C16H20N2O2S/c1-3-17-15-9-11-16(12-10-15)21(19,20)18-13(2)14-7-5-4-6-8-14/h4-13,17-18H,3H2,1-2H3. The van der Waals surface area contributed by atoms with Crippen LogP contribution in [0.2, 0.25) is 0 Å². The first-order valence-electron chi connectivity index (χ1n) is 6.94. The Hall–Kier alpha value is -1.85. The van der Waals surface area contributed by atoms with Crippen LogP contribution < -0.4 is 10.0 Å². The van der Waals surface area contributed by atoms with Gasteiger partial charge in [-0.15, -0.1) is 0 Å². The fourth-order valence-corrected chi connectivity index (χ4v) is 3.30. The van der Waals surface area contributed by atoms with Gasteiger partial charge >= 0.3 is 0 Å². The highest BCUT2D eigenvalue weighted by Gasteiger charge is 2.18. The predicted molar refractivity (Wildman–Crippen MR) is 85.8 cm³/mol. The van der Waals surface area contributed by atoms with E-state index in [-0.39, 0.29) is 10.9 Å². The summed E-state index contributed by atoms with van der Waals surface area (Å²) in [7, 11) is -3.52. The van der Waals surface area contributed by atoms with E-state index in [0.29, 0.717) is 0 Å². The third-order valence-corrected chi connectivity index (χ3v) is 4.73. The van der Waals surface area contributed by atoms with E-state index < -0.39 is 10.0 Å². The highest BCUT2D eigenvalue weighted by molar-refractivity contribution is 7.89. The van der Waals surface area contributed by atoms with Crippen LogP contribution in [0.4, 0.5) is 5.69 Å². The Bertz CT molecular complexity index is 667. The molecule has 0 bridgehead atoms. The minimum absolute atomic E-state index is 0.270. The smallest absolute Gasteiger partial charge is 0.241 e. The van der Waals surface area contributed by atoms with E-state index in [1.807, 2.05) is 44.2 Å². The molecule has 0 saturated heterocycles. The lowest BCUT2D eigenvalue weighted by atomic mass is 10.1. The molecule has 1 unspecified atom stereocenters. The van der Waals surface area contributed by atoms with Crippen molar-refractivity contribution in [3.05, 3.63) is 60.2 Å². The molecule has 2 aromatic rings. The van der Waals surface area contributed by atoms with Crippen LogP contribution in [0.25, 0.3) is 0 Å². The van der Waals surface area contributed by atoms with Crippen LogP contribution in [-0.4, -0.2) is 15.0 Å². The Labute approximate surface area is 126 Å². The third-order valence-electron chi connectivity index (χ3n) is 3.18. The Balaban J connectivity index is 2.14. The number of hydrogen-bond acceptors (Lipinski definition) is 3. The SMILES string of the molecule is CCNc1ccc(S(=O)(=O)NC(C)c2ccccc2)cc1. The van der Waals surface area contributed by atoms with Crippen LogP contribution in [0, 0.1) is 0 Å². The first kappa shape index (κ1) is 15.5. The van der Waals surface area contributed by atoms with Crippen molar-refractivity contribution < 1.29 is 8.42 Å². The van der Waals surface area contributed by atoms with Crippen molar-refractivity contribution in [2.24, 2.45) is 0 Å². The van der Waals surface area contributed by atoms with E-state index >= 15 is 0 Å². The first-order valence-corrected chi connectivity index (χ1v) is 8.42. The lowest BCUT2D eigenvalue weighted by Crippen LogP contribution is -2.26. The van der Waals surface area contributed by atoms with Gasteiger partial charge in [-0.3, -0.25) is 0 Å². The maximum atomic E-state index is 12.4. The van der Waals surface area contributed by atoms with Crippen LogP contribution in [-0.2, 0) is 10.0 Å². The number of sulfonamides is 1. The number of rotatable bonds is 6. The van der Waals surface area contributed by atoms with Crippen molar-refractivity contribution in [1.82, 2.24) is 4.72 Å². The lowest BCUT2D eigenvalue weighted by molar-refractivity contribution is 0.567. The van der Waals surface area contributed by atoms with Gasteiger partial charge in [-0.2, -0.15) is 0 Å². The minimum atomic E-state index is -3.52. The summed E-state index contributed by atoms with van der Waals surface area (Å²) < 4.78 is 27.4. The summed E-state index contributed by atoms with van der Waals surface area (Å²) >= 11 is 0. The van der Waals surface area contributed by atoms with E-state index in [1.54, 1.807) is 24.3 Å². The van der Waals surface area contributed by atoms with Crippen molar-refractivity contribution in [3.63, 3.8) is 0 Å². The average Bonchev–Trinajstić information content (AvgIpc) is 2.48. The maximum Gasteiger partial charge on any atom is 0.241 e. The normalized spacial score (nSPS) is 12.9. The molecule has 5 heteroatoms. The van der Waals surface area contributed by atoms with Crippen LogP contribution in [0.5, 0.6) is 0 Å². The van der Waals surface area contributed by atoms with Gasteiger partial charge in [0, 0.05) is 18.3 Å². The van der Waals surface area contributed by atoms with Gasteiger partial charge < -0.3 is 5.32 Å². The molecule has 0 radical (unpaired) electrons. The van der Waals surface area contributed by atoms with Gasteiger partial charge in [-0.05, 0) is 43.7 Å². The maximum absolute atomic E-state index is 12.4. The molecule has 1 atom stereocenters. The van der Waals surface area contributed by atoms with E-state index in [4.69, 9.17) is 0 Å². The molecule has 0 saturated carbocycles. The van der Waals surface area contributed by atoms with Gasteiger partial charge in [-0.1, -0.05) is 30.3 Å². The molecule has 0 aliphatic heterocycles. The molecule has 0 aromatic heterocycles. The average molecular weight is 304 g/mol. The minimum Gasteiger partial charge on any atom is -0.385 e. The van der Waals surface area contributed by atoms with Crippen molar-refractivity contribution in [2.75, 3.05) is 11.9 Å². The van der Waals surface area contributed by atoms with Gasteiger partial charge in [-0.25, -0.2) is 13.1 Å². The molecule has 0 heterocycles. The molecule has 4 nitrogen and oxygen atoms in total. The molecule has 2 N–H and O–H groups in total. The van der Waals surface area contributed by atoms with Crippen LogP contribution >= 0.6 is 0 Å². The van der Waals surface area contributed by atoms with E-state index in [9.17, 15) is 8.42 Å². The quantitative estimate of drug-likeness (QED) is 0.862. The second-order valence-corrected chi connectivity index (χ2v) is 6.52. The molecular weight excluding hydrogens is 284 g/mol. The van der Waals surface area contributed by atoms with E-state index in [0.717, 1.165) is 17.8 Å². The zero-order valence-corrected chi connectivity index (χ0v) is 13.0. The summed E-state index contributed by atoms with van der Waals surface area (Å²) in [5, 5.41) is 3.14. The summed E-state index contributed by atoms with van der Waals surface area (Å²) in [5.74, 6) is 0. The molecule has 0 aliphatic carbocycles. The zero-order valence-electron chi connectivity index (χ0n) is 12.2. The van der Waals surface area contributed by atoms with Crippen molar-refractivity contribution in [1.29, 1.82) is 0 Å². The summed E-state index contributed by atoms with van der Waals surface area (Å²) in [6, 6.07) is 16.0. The number of nitrogens with one attached hydrogen (secondary N) is 2. The lowest BCUT2D eigenvalue weighted by Gasteiger charge is -2.15. The van der Waals surface area contributed by atoms with Gasteiger partial charge in [0.15, 0.2) is 0 Å².